The maximum Gasteiger partial charge on any atom is 0.224 e. The standard InChI is InChI=1S/C22H31FN4O4S/c1-5-31-19-9-16(17(23)10-24-19)20-15-7-6-14(8-18(15)27(26-20)13(2)3)21(28)25-22(4)11-32(29,30)12-22/h9-10,13-14,29-30H,5-8,11-12H2,1-4H3,(H,25,28). The number of nitrogens with one attached hydrogen (secondary N) is 1. The van der Waals surface area contributed by atoms with Crippen LogP contribution in [0.25, 0.3) is 11.3 Å². The minimum Gasteiger partial charge on any atom is -0.478 e. The van der Waals surface area contributed by atoms with Gasteiger partial charge in [0.1, 0.15) is 0 Å². The number of fused-ring (bicyclic) bond motifs is 1. The molecule has 1 unspecified atom stereocenters. The van der Waals surface area contributed by atoms with Gasteiger partial charge in [-0.25, -0.2) is 9.37 Å². The van der Waals surface area contributed by atoms with Crippen molar-refractivity contribution >= 4 is 16.5 Å². The zero-order valence-corrected chi connectivity index (χ0v) is 19.7. The third kappa shape index (κ3) is 4.35. The van der Waals surface area contributed by atoms with Gasteiger partial charge in [-0.3, -0.25) is 18.6 Å². The van der Waals surface area contributed by atoms with Crippen LogP contribution in [0.3, 0.4) is 0 Å². The SMILES string of the molecule is CCOc1cc(-c2nn(C(C)C)c3c2CCC(C(=O)NC2(C)CS(O)(O)C2)C3)c(F)cn1. The van der Waals surface area contributed by atoms with Crippen molar-refractivity contribution in [3.63, 3.8) is 0 Å². The summed E-state index contributed by atoms with van der Waals surface area (Å²) >= 11 is 0. The van der Waals surface area contributed by atoms with Crippen molar-refractivity contribution in [1.29, 1.82) is 0 Å². The normalized spacial score (nSPS) is 22.1. The van der Waals surface area contributed by atoms with E-state index >= 15 is 0 Å². The summed E-state index contributed by atoms with van der Waals surface area (Å²) in [4.78, 5) is 17.0. The molecule has 1 saturated heterocycles. The minimum absolute atomic E-state index is 0.0488. The summed E-state index contributed by atoms with van der Waals surface area (Å²) in [6, 6.07) is 1.63. The van der Waals surface area contributed by atoms with Gasteiger partial charge in [-0.15, -0.1) is 0 Å². The molecule has 8 nitrogen and oxygen atoms in total. The minimum atomic E-state index is -2.55. The average molecular weight is 467 g/mol. The van der Waals surface area contributed by atoms with Gasteiger partial charge < -0.3 is 10.1 Å². The van der Waals surface area contributed by atoms with E-state index in [1.165, 1.54) is 0 Å². The predicted octanol–water partition coefficient (Wildman–Crippen LogP) is 3.81. The fourth-order valence-electron chi connectivity index (χ4n) is 4.78. The summed E-state index contributed by atoms with van der Waals surface area (Å²) in [7, 11) is -2.55. The maximum atomic E-state index is 14.7. The first-order chi connectivity index (χ1) is 15.0. The molecule has 32 heavy (non-hydrogen) atoms. The molecule has 1 amide bonds. The Hall–Kier alpha value is -2.17. The van der Waals surface area contributed by atoms with E-state index in [2.05, 4.69) is 10.3 Å². The van der Waals surface area contributed by atoms with Crippen LogP contribution in [0, 0.1) is 11.7 Å². The quantitative estimate of drug-likeness (QED) is 0.597. The Morgan fingerprint density at radius 2 is 2.16 bits per heavy atom. The number of rotatable bonds is 6. The second kappa shape index (κ2) is 8.31. The summed E-state index contributed by atoms with van der Waals surface area (Å²) in [5.74, 6) is -0.0430. The smallest absolute Gasteiger partial charge is 0.224 e. The van der Waals surface area contributed by atoms with E-state index in [4.69, 9.17) is 9.84 Å². The highest BCUT2D eigenvalue weighted by molar-refractivity contribution is 8.25. The first-order valence-corrected chi connectivity index (χ1v) is 12.8. The fourth-order valence-corrected chi connectivity index (χ4v) is 6.88. The number of carbonyl (C=O) groups excluding carboxylic acids is 1. The summed E-state index contributed by atoms with van der Waals surface area (Å²) < 4.78 is 41.5. The van der Waals surface area contributed by atoms with Gasteiger partial charge in [0.15, 0.2) is 5.82 Å². The lowest BCUT2D eigenvalue weighted by Gasteiger charge is -2.54. The van der Waals surface area contributed by atoms with Crippen LogP contribution < -0.4 is 10.1 Å². The zero-order valence-electron chi connectivity index (χ0n) is 18.9. The van der Waals surface area contributed by atoms with E-state index in [-0.39, 0.29) is 29.4 Å². The van der Waals surface area contributed by atoms with Gasteiger partial charge in [-0.2, -0.15) is 15.7 Å². The topological polar surface area (TPSA) is 110 Å². The van der Waals surface area contributed by atoms with Crippen molar-refractivity contribution in [2.24, 2.45) is 5.92 Å². The van der Waals surface area contributed by atoms with Crippen molar-refractivity contribution in [2.75, 3.05) is 18.1 Å². The molecule has 0 radical (unpaired) electrons. The Morgan fingerprint density at radius 1 is 1.44 bits per heavy atom. The number of nitrogens with zero attached hydrogens (tertiary/aromatic N) is 3. The summed E-state index contributed by atoms with van der Waals surface area (Å²) in [6.45, 7) is 8.14. The third-order valence-electron chi connectivity index (χ3n) is 6.06. The number of ether oxygens (including phenoxy) is 1. The molecular formula is C22H31FN4O4S. The molecule has 0 aromatic carbocycles. The number of hydrogen-bond acceptors (Lipinski definition) is 6. The van der Waals surface area contributed by atoms with Crippen molar-refractivity contribution in [3.05, 3.63) is 29.3 Å². The van der Waals surface area contributed by atoms with Gasteiger partial charge in [-0.1, -0.05) is 0 Å². The van der Waals surface area contributed by atoms with E-state index in [1.54, 1.807) is 6.07 Å². The molecule has 3 heterocycles. The van der Waals surface area contributed by atoms with Gasteiger partial charge in [0, 0.05) is 41.3 Å². The number of aromatic nitrogens is 3. The van der Waals surface area contributed by atoms with Gasteiger partial charge in [0.05, 0.1) is 35.5 Å². The molecule has 1 atom stereocenters. The highest BCUT2D eigenvalue weighted by atomic mass is 32.3. The van der Waals surface area contributed by atoms with Crippen molar-refractivity contribution in [1.82, 2.24) is 20.1 Å². The van der Waals surface area contributed by atoms with E-state index < -0.39 is 21.9 Å². The molecule has 2 aliphatic rings. The average Bonchev–Trinajstić information content (AvgIpc) is 3.06. The zero-order chi connectivity index (χ0) is 23.3. The lowest BCUT2D eigenvalue weighted by atomic mass is 9.84. The Labute approximate surface area is 188 Å². The van der Waals surface area contributed by atoms with Crippen LogP contribution in [0.1, 0.15) is 51.4 Å². The van der Waals surface area contributed by atoms with Crippen molar-refractivity contribution in [3.8, 4) is 17.1 Å². The van der Waals surface area contributed by atoms with Crippen LogP contribution in [0.2, 0.25) is 0 Å². The molecule has 4 rings (SSSR count). The monoisotopic (exact) mass is 466 g/mol. The number of halogens is 1. The molecular weight excluding hydrogens is 435 g/mol. The lowest BCUT2D eigenvalue weighted by molar-refractivity contribution is -0.126. The Bertz CT molecular complexity index is 1030. The predicted molar refractivity (Wildman–Crippen MR) is 122 cm³/mol. The third-order valence-corrected chi connectivity index (χ3v) is 8.26. The first kappa shape index (κ1) is 23.0. The van der Waals surface area contributed by atoms with Crippen LogP contribution in [-0.2, 0) is 17.6 Å². The first-order valence-electron chi connectivity index (χ1n) is 11.0. The van der Waals surface area contributed by atoms with Crippen LogP contribution >= 0.6 is 10.6 Å². The van der Waals surface area contributed by atoms with E-state index in [0.717, 1.165) is 17.5 Å². The molecule has 1 aliphatic carbocycles. The van der Waals surface area contributed by atoms with Crippen LogP contribution in [0.15, 0.2) is 12.3 Å². The number of carbonyl (C=O) groups is 1. The molecule has 2 aromatic rings. The Balaban J connectivity index is 1.61. The molecule has 176 valence electrons. The van der Waals surface area contributed by atoms with Crippen LogP contribution in [0.5, 0.6) is 5.88 Å². The van der Waals surface area contributed by atoms with Crippen molar-refractivity contribution in [2.45, 2.75) is 58.5 Å². The molecule has 3 N–H and O–H groups in total. The molecule has 1 fully saturated rings. The number of pyridine rings is 1. The molecule has 0 saturated carbocycles. The summed E-state index contributed by atoms with van der Waals surface area (Å²) in [5, 5.41) is 7.75. The van der Waals surface area contributed by atoms with Crippen LogP contribution in [-0.4, -0.2) is 53.4 Å². The van der Waals surface area contributed by atoms with E-state index in [9.17, 15) is 18.3 Å². The fraction of sp³-hybridized carbons (Fsp3) is 0.591. The molecule has 10 heteroatoms. The molecule has 2 aromatic heterocycles. The lowest BCUT2D eigenvalue weighted by Crippen LogP contribution is -2.62. The van der Waals surface area contributed by atoms with Gasteiger partial charge in [-0.05, 0) is 40.5 Å². The van der Waals surface area contributed by atoms with Gasteiger partial charge in [0.25, 0.3) is 0 Å². The van der Waals surface area contributed by atoms with Crippen LogP contribution in [0.4, 0.5) is 4.39 Å². The maximum absolute atomic E-state index is 14.7. The highest BCUT2D eigenvalue weighted by Crippen LogP contribution is 2.54. The highest BCUT2D eigenvalue weighted by Gasteiger charge is 2.46. The van der Waals surface area contributed by atoms with Gasteiger partial charge in [0.2, 0.25) is 11.8 Å². The molecule has 1 aliphatic heterocycles. The number of hydrogen-bond donors (Lipinski definition) is 3. The second-order valence-corrected chi connectivity index (χ2v) is 11.5. The van der Waals surface area contributed by atoms with Gasteiger partial charge >= 0.3 is 0 Å². The molecule has 0 spiro atoms. The number of amides is 1. The Morgan fingerprint density at radius 3 is 2.78 bits per heavy atom. The Kier molecular flexibility index (Phi) is 5.98. The largest absolute Gasteiger partial charge is 0.478 e. The summed E-state index contributed by atoms with van der Waals surface area (Å²) in [6.07, 6.45) is 2.88. The van der Waals surface area contributed by atoms with E-state index in [0.29, 0.717) is 43.0 Å². The van der Waals surface area contributed by atoms with E-state index in [1.807, 2.05) is 32.4 Å². The van der Waals surface area contributed by atoms with Crippen molar-refractivity contribution < 1.29 is 23.0 Å². The molecule has 0 bridgehead atoms. The summed E-state index contributed by atoms with van der Waals surface area (Å²) in [5.41, 5.74) is 2.26. The second-order valence-electron chi connectivity index (χ2n) is 9.33.